The van der Waals surface area contributed by atoms with Crippen molar-refractivity contribution in [3.05, 3.63) is 48.0 Å². The Morgan fingerprint density at radius 3 is 3.00 bits per heavy atom. The Hall–Kier alpha value is -1.85. The van der Waals surface area contributed by atoms with Gasteiger partial charge in [-0.05, 0) is 17.7 Å². The van der Waals surface area contributed by atoms with Crippen LogP contribution in [0.15, 0.2) is 36.8 Å². The zero-order chi connectivity index (χ0) is 14.2. The molecular formula is C15H21N3O2. The lowest BCUT2D eigenvalue weighted by molar-refractivity contribution is 0.199. The van der Waals surface area contributed by atoms with Crippen LogP contribution in [0.5, 0.6) is 5.75 Å². The number of hydrogen-bond acceptors (Lipinski definition) is 4. The molecule has 0 radical (unpaired) electrons. The van der Waals surface area contributed by atoms with Crippen LogP contribution >= 0.6 is 0 Å². The number of aromatic nitrogens is 2. The number of imidazole rings is 1. The molecule has 0 aliphatic rings. The standard InChI is InChI=1S/C15H21N3O2/c1-18-12-17-10-14(18)11-20-15-5-3-4-13(8-15)9-16-6-7-19-2/h3-5,8,10,12,16H,6-7,9,11H2,1-2H3. The van der Waals surface area contributed by atoms with Gasteiger partial charge in [-0.3, -0.25) is 0 Å². The van der Waals surface area contributed by atoms with Gasteiger partial charge in [0, 0.05) is 27.2 Å². The van der Waals surface area contributed by atoms with Crippen molar-refractivity contribution in [1.82, 2.24) is 14.9 Å². The molecule has 0 spiro atoms. The highest BCUT2D eigenvalue weighted by molar-refractivity contribution is 5.28. The minimum absolute atomic E-state index is 0.525. The first-order valence-electron chi connectivity index (χ1n) is 6.66. The average Bonchev–Trinajstić information content (AvgIpc) is 2.87. The Morgan fingerprint density at radius 1 is 1.35 bits per heavy atom. The number of methoxy groups -OCH3 is 1. The molecule has 5 heteroatoms. The summed E-state index contributed by atoms with van der Waals surface area (Å²) in [5, 5.41) is 3.31. The zero-order valence-electron chi connectivity index (χ0n) is 12.0. The molecule has 2 aromatic rings. The SMILES string of the molecule is COCCNCc1cccc(OCc2cncn2C)c1. The minimum atomic E-state index is 0.525. The number of rotatable bonds is 8. The fourth-order valence-corrected chi connectivity index (χ4v) is 1.83. The Morgan fingerprint density at radius 2 is 2.25 bits per heavy atom. The number of benzene rings is 1. The second-order valence-corrected chi connectivity index (χ2v) is 4.60. The van der Waals surface area contributed by atoms with Gasteiger partial charge in [-0.1, -0.05) is 12.1 Å². The lowest BCUT2D eigenvalue weighted by Gasteiger charge is -2.09. The summed E-state index contributed by atoms with van der Waals surface area (Å²) < 4.78 is 12.7. The molecule has 1 aromatic carbocycles. The highest BCUT2D eigenvalue weighted by Gasteiger charge is 2.01. The molecule has 0 atom stereocenters. The first-order valence-corrected chi connectivity index (χ1v) is 6.66. The zero-order valence-corrected chi connectivity index (χ0v) is 12.0. The number of ether oxygens (including phenoxy) is 2. The molecule has 20 heavy (non-hydrogen) atoms. The molecule has 1 aromatic heterocycles. The van der Waals surface area contributed by atoms with Crippen molar-refractivity contribution in [2.45, 2.75) is 13.2 Å². The molecule has 0 saturated carbocycles. The van der Waals surface area contributed by atoms with Crippen LogP contribution in [0.1, 0.15) is 11.3 Å². The molecule has 108 valence electrons. The van der Waals surface area contributed by atoms with Gasteiger partial charge < -0.3 is 19.4 Å². The van der Waals surface area contributed by atoms with E-state index in [1.165, 1.54) is 5.56 Å². The van der Waals surface area contributed by atoms with E-state index in [1.54, 1.807) is 13.4 Å². The molecule has 1 N–H and O–H groups in total. The van der Waals surface area contributed by atoms with E-state index in [9.17, 15) is 0 Å². The quantitative estimate of drug-likeness (QED) is 0.745. The summed E-state index contributed by atoms with van der Waals surface area (Å²) in [4.78, 5) is 4.07. The van der Waals surface area contributed by atoms with E-state index in [0.29, 0.717) is 6.61 Å². The van der Waals surface area contributed by atoms with Crippen LogP contribution in [0.4, 0.5) is 0 Å². The number of hydrogen-bond donors (Lipinski definition) is 1. The number of nitrogens with zero attached hydrogens (tertiary/aromatic N) is 2. The Labute approximate surface area is 119 Å². The van der Waals surface area contributed by atoms with Crippen molar-refractivity contribution in [3.63, 3.8) is 0 Å². The topological polar surface area (TPSA) is 48.3 Å². The second-order valence-electron chi connectivity index (χ2n) is 4.60. The maximum atomic E-state index is 5.79. The lowest BCUT2D eigenvalue weighted by atomic mass is 10.2. The average molecular weight is 275 g/mol. The third kappa shape index (κ3) is 4.36. The van der Waals surface area contributed by atoms with Crippen LogP contribution in [-0.2, 0) is 24.9 Å². The van der Waals surface area contributed by atoms with E-state index < -0.39 is 0 Å². The van der Waals surface area contributed by atoms with Gasteiger partial charge in [0.15, 0.2) is 0 Å². The van der Waals surface area contributed by atoms with E-state index in [0.717, 1.165) is 31.1 Å². The van der Waals surface area contributed by atoms with Crippen LogP contribution in [0, 0.1) is 0 Å². The lowest BCUT2D eigenvalue weighted by Crippen LogP contribution is -2.18. The van der Waals surface area contributed by atoms with Crippen molar-refractivity contribution in [3.8, 4) is 5.75 Å². The monoisotopic (exact) mass is 275 g/mol. The van der Waals surface area contributed by atoms with Gasteiger partial charge in [0.25, 0.3) is 0 Å². The van der Waals surface area contributed by atoms with E-state index in [4.69, 9.17) is 9.47 Å². The van der Waals surface area contributed by atoms with Crippen molar-refractivity contribution >= 4 is 0 Å². The molecular weight excluding hydrogens is 254 g/mol. The normalized spacial score (nSPS) is 10.7. The van der Waals surface area contributed by atoms with Gasteiger partial charge >= 0.3 is 0 Å². The maximum Gasteiger partial charge on any atom is 0.130 e. The van der Waals surface area contributed by atoms with Gasteiger partial charge in [0.2, 0.25) is 0 Å². The summed E-state index contributed by atoms with van der Waals surface area (Å²) in [6.07, 6.45) is 3.59. The van der Waals surface area contributed by atoms with Crippen LogP contribution in [0.2, 0.25) is 0 Å². The Bertz CT molecular complexity index is 525. The van der Waals surface area contributed by atoms with Crippen LogP contribution in [0.25, 0.3) is 0 Å². The summed E-state index contributed by atoms with van der Waals surface area (Å²) in [7, 11) is 3.66. The molecule has 0 aliphatic heterocycles. The molecule has 2 rings (SSSR count). The number of nitrogens with one attached hydrogen (secondary N) is 1. The van der Waals surface area contributed by atoms with E-state index in [-0.39, 0.29) is 0 Å². The fourth-order valence-electron chi connectivity index (χ4n) is 1.83. The largest absolute Gasteiger partial charge is 0.487 e. The third-order valence-electron chi connectivity index (χ3n) is 3.01. The summed E-state index contributed by atoms with van der Waals surface area (Å²) in [6, 6.07) is 8.11. The summed E-state index contributed by atoms with van der Waals surface area (Å²) >= 11 is 0. The van der Waals surface area contributed by atoms with Gasteiger partial charge in [0.1, 0.15) is 12.4 Å². The fraction of sp³-hybridized carbons (Fsp3) is 0.400. The van der Waals surface area contributed by atoms with Crippen molar-refractivity contribution in [2.24, 2.45) is 7.05 Å². The van der Waals surface area contributed by atoms with Crippen LogP contribution < -0.4 is 10.1 Å². The van der Waals surface area contributed by atoms with Crippen LogP contribution in [0.3, 0.4) is 0 Å². The molecule has 0 saturated heterocycles. The number of aryl methyl sites for hydroxylation is 1. The van der Waals surface area contributed by atoms with E-state index >= 15 is 0 Å². The summed E-state index contributed by atoms with van der Waals surface area (Å²) in [5.41, 5.74) is 2.25. The van der Waals surface area contributed by atoms with Gasteiger partial charge in [0.05, 0.1) is 24.8 Å². The van der Waals surface area contributed by atoms with E-state index in [1.807, 2.05) is 29.9 Å². The molecule has 5 nitrogen and oxygen atoms in total. The first-order chi connectivity index (χ1) is 9.79. The maximum absolute atomic E-state index is 5.79. The molecule has 0 unspecified atom stereocenters. The van der Waals surface area contributed by atoms with Gasteiger partial charge in [-0.15, -0.1) is 0 Å². The predicted octanol–water partition coefficient (Wildman–Crippen LogP) is 1.74. The molecule has 1 heterocycles. The van der Waals surface area contributed by atoms with Gasteiger partial charge in [-0.25, -0.2) is 4.98 Å². The van der Waals surface area contributed by atoms with Crippen molar-refractivity contribution < 1.29 is 9.47 Å². The van der Waals surface area contributed by atoms with Crippen LogP contribution in [-0.4, -0.2) is 29.8 Å². The van der Waals surface area contributed by atoms with Crippen molar-refractivity contribution in [2.75, 3.05) is 20.3 Å². The summed E-state index contributed by atoms with van der Waals surface area (Å²) in [6.45, 7) is 2.90. The van der Waals surface area contributed by atoms with Gasteiger partial charge in [-0.2, -0.15) is 0 Å². The molecule has 0 amide bonds. The third-order valence-corrected chi connectivity index (χ3v) is 3.01. The van der Waals surface area contributed by atoms with E-state index in [2.05, 4.69) is 22.4 Å². The molecule has 0 aliphatic carbocycles. The first kappa shape index (κ1) is 14.6. The predicted molar refractivity (Wildman–Crippen MR) is 77.6 cm³/mol. The molecule has 0 fully saturated rings. The highest BCUT2D eigenvalue weighted by atomic mass is 16.5. The second kappa shape index (κ2) is 7.67. The smallest absolute Gasteiger partial charge is 0.130 e. The Balaban J connectivity index is 1.84. The highest BCUT2D eigenvalue weighted by Crippen LogP contribution is 2.15. The summed E-state index contributed by atoms with van der Waals surface area (Å²) in [5.74, 6) is 0.872. The van der Waals surface area contributed by atoms with Crippen molar-refractivity contribution in [1.29, 1.82) is 0 Å². The minimum Gasteiger partial charge on any atom is -0.487 e. The molecule has 0 bridgehead atoms. The Kier molecular flexibility index (Phi) is 5.58.